The van der Waals surface area contributed by atoms with Gasteiger partial charge in [0.15, 0.2) is 0 Å². The molecule has 0 bridgehead atoms. The number of nitrogens with zero attached hydrogens (tertiary/aromatic N) is 2. The lowest BCUT2D eigenvalue weighted by molar-refractivity contribution is 0.0989. The van der Waals surface area contributed by atoms with E-state index in [1.165, 1.54) is 12.8 Å². The average molecular weight is 506 g/mol. The van der Waals surface area contributed by atoms with Gasteiger partial charge in [-0.15, -0.1) is 0 Å². The van der Waals surface area contributed by atoms with Crippen LogP contribution in [0.25, 0.3) is 0 Å². The Kier molecular flexibility index (Phi) is 9.26. The van der Waals surface area contributed by atoms with Crippen LogP contribution in [0.4, 0.5) is 10.5 Å². The molecule has 0 radical (unpaired) electrons. The molecule has 3 aromatic carbocycles. The molecule has 6 heteroatoms. The summed E-state index contributed by atoms with van der Waals surface area (Å²) in [7, 11) is 0. The van der Waals surface area contributed by atoms with Crippen molar-refractivity contribution in [2.45, 2.75) is 58.2 Å². The summed E-state index contributed by atoms with van der Waals surface area (Å²) in [6.45, 7) is 7.21. The zero-order valence-electron chi connectivity index (χ0n) is 21.2. The minimum atomic E-state index is -0.0646. The van der Waals surface area contributed by atoms with Gasteiger partial charge in [-0.2, -0.15) is 0 Å². The molecule has 1 saturated heterocycles. The lowest BCUT2D eigenvalue weighted by Crippen LogP contribution is -2.50. The Bertz CT molecular complexity index is 1080. The van der Waals surface area contributed by atoms with Crippen LogP contribution in [0.2, 0.25) is 5.02 Å². The highest BCUT2D eigenvalue weighted by Crippen LogP contribution is 2.26. The van der Waals surface area contributed by atoms with Crippen molar-refractivity contribution in [2.75, 3.05) is 18.4 Å². The first-order valence-corrected chi connectivity index (χ1v) is 13.3. The molecular weight excluding hydrogens is 470 g/mol. The van der Waals surface area contributed by atoms with Crippen LogP contribution in [0.1, 0.15) is 45.1 Å². The third-order valence-corrected chi connectivity index (χ3v) is 7.13. The normalized spacial score (nSPS) is 15.3. The van der Waals surface area contributed by atoms with Crippen LogP contribution in [-0.2, 0) is 6.54 Å². The average Bonchev–Trinajstić information content (AvgIpc) is 2.90. The smallest absolute Gasteiger partial charge is 0.322 e. The Hall–Kier alpha value is -3.02. The predicted octanol–water partition coefficient (Wildman–Crippen LogP) is 7.82. The Balaban J connectivity index is 1.41. The fraction of sp³-hybridized carbons (Fsp3) is 0.367. The maximum atomic E-state index is 13.5. The van der Waals surface area contributed by atoms with Crippen LogP contribution in [0.5, 0.6) is 11.5 Å². The van der Waals surface area contributed by atoms with Crippen molar-refractivity contribution < 1.29 is 9.53 Å². The van der Waals surface area contributed by atoms with Crippen molar-refractivity contribution in [1.29, 1.82) is 0 Å². The Morgan fingerprint density at radius 1 is 1.00 bits per heavy atom. The van der Waals surface area contributed by atoms with Gasteiger partial charge in [-0.3, -0.25) is 0 Å². The number of piperidine rings is 1. The van der Waals surface area contributed by atoms with Crippen molar-refractivity contribution in [3.05, 3.63) is 89.4 Å². The van der Waals surface area contributed by atoms with Gasteiger partial charge < -0.3 is 19.9 Å². The topological polar surface area (TPSA) is 44.8 Å². The van der Waals surface area contributed by atoms with Gasteiger partial charge in [-0.25, -0.2) is 4.79 Å². The van der Waals surface area contributed by atoms with Gasteiger partial charge in [0, 0.05) is 42.4 Å². The summed E-state index contributed by atoms with van der Waals surface area (Å²) in [5.41, 5.74) is 1.89. The molecule has 1 heterocycles. The molecule has 0 saturated carbocycles. The van der Waals surface area contributed by atoms with Crippen LogP contribution in [-0.4, -0.2) is 41.0 Å². The number of nitrogens with one attached hydrogen (secondary N) is 1. The van der Waals surface area contributed by atoms with Gasteiger partial charge in [0.2, 0.25) is 0 Å². The first-order valence-electron chi connectivity index (χ1n) is 12.9. The number of urea groups is 1. The molecule has 36 heavy (non-hydrogen) atoms. The number of hydrogen-bond donors (Lipinski definition) is 1. The summed E-state index contributed by atoms with van der Waals surface area (Å²) in [6, 6.07) is 25.7. The minimum Gasteiger partial charge on any atom is -0.457 e. The summed E-state index contributed by atoms with van der Waals surface area (Å²) < 4.78 is 5.88. The number of carbonyl (C=O) groups excluding carboxylic acids is 1. The molecule has 1 fully saturated rings. The lowest BCUT2D eigenvalue weighted by atomic mass is 10.00. The second-order valence-electron chi connectivity index (χ2n) is 9.53. The number of rotatable bonds is 9. The second-order valence-corrected chi connectivity index (χ2v) is 9.97. The fourth-order valence-corrected chi connectivity index (χ4v) is 4.95. The van der Waals surface area contributed by atoms with Crippen LogP contribution in [0.3, 0.4) is 0 Å². The predicted molar refractivity (Wildman–Crippen MR) is 148 cm³/mol. The van der Waals surface area contributed by atoms with Crippen molar-refractivity contribution in [2.24, 2.45) is 0 Å². The highest BCUT2D eigenvalue weighted by molar-refractivity contribution is 6.30. The second kappa shape index (κ2) is 12.8. The standard InChI is InChI=1S/C30H36ClN3O2/c1-3-7-23(2)33-20-18-27(19-21-33)34(22-24-8-5-4-6-9-24)30(35)32-26-12-16-29(17-13-26)36-28-14-10-25(31)11-15-28/h4-6,8-17,23,27H,3,7,18-22H2,1-2H3,(H,32,35). The summed E-state index contributed by atoms with van der Waals surface area (Å²) in [4.78, 5) is 18.1. The monoisotopic (exact) mass is 505 g/mol. The van der Waals surface area contributed by atoms with Crippen LogP contribution in [0.15, 0.2) is 78.9 Å². The third-order valence-electron chi connectivity index (χ3n) is 6.88. The van der Waals surface area contributed by atoms with E-state index < -0.39 is 0 Å². The number of anilines is 1. The van der Waals surface area contributed by atoms with Gasteiger partial charge in [0.05, 0.1) is 0 Å². The van der Waals surface area contributed by atoms with E-state index in [1.54, 1.807) is 12.1 Å². The quantitative estimate of drug-likeness (QED) is 0.322. The van der Waals surface area contributed by atoms with Crippen molar-refractivity contribution in [3.8, 4) is 11.5 Å². The van der Waals surface area contributed by atoms with E-state index in [-0.39, 0.29) is 12.1 Å². The number of amides is 2. The summed E-state index contributed by atoms with van der Waals surface area (Å²) in [5.74, 6) is 1.41. The third kappa shape index (κ3) is 7.25. The molecule has 0 aromatic heterocycles. The van der Waals surface area contributed by atoms with Crippen LogP contribution in [0, 0.1) is 0 Å². The molecule has 1 N–H and O–H groups in total. The first kappa shape index (κ1) is 26.1. The van der Waals surface area contributed by atoms with Crippen LogP contribution >= 0.6 is 11.6 Å². The number of benzene rings is 3. The molecule has 1 aliphatic rings. The van der Waals surface area contributed by atoms with Gasteiger partial charge in [-0.1, -0.05) is 55.3 Å². The van der Waals surface area contributed by atoms with Crippen molar-refractivity contribution in [1.82, 2.24) is 9.80 Å². The van der Waals surface area contributed by atoms with E-state index in [1.807, 2.05) is 59.5 Å². The number of halogens is 1. The van der Waals surface area contributed by atoms with Crippen molar-refractivity contribution >= 4 is 23.3 Å². The van der Waals surface area contributed by atoms with Crippen LogP contribution < -0.4 is 10.1 Å². The zero-order chi connectivity index (χ0) is 25.3. The molecule has 1 aliphatic heterocycles. The van der Waals surface area contributed by atoms with Gasteiger partial charge in [0.25, 0.3) is 0 Å². The molecule has 0 aliphatic carbocycles. The number of hydrogen-bond acceptors (Lipinski definition) is 3. The highest BCUT2D eigenvalue weighted by Gasteiger charge is 2.29. The molecule has 3 aromatic rings. The van der Waals surface area contributed by atoms with E-state index in [0.717, 1.165) is 37.2 Å². The van der Waals surface area contributed by atoms with Crippen molar-refractivity contribution in [3.63, 3.8) is 0 Å². The summed E-state index contributed by atoms with van der Waals surface area (Å²) in [6.07, 6.45) is 4.40. The lowest BCUT2D eigenvalue weighted by Gasteiger charge is -2.40. The Labute approximate surface area is 220 Å². The fourth-order valence-electron chi connectivity index (χ4n) is 4.83. The van der Waals surface area contributed by atoms with E-state index in [2.05, 4.69) is 36.2 Å². The maximum Gasteiger partial charge on any atom is 0.322 e. The molecule has 1 unspecified atom stereocenters. The number of carbonyl (C=O) groups is 1. The molecular formula is C30H36ClN3O2. The Morgan fingerprint density at radius 2 is 1.61 bits per heavy atom. The van der Waals surface area contributed by atoms with E-state index in [4.69, 9.17) is 16.3 Å². The van der Waals surface area contributed by atoms with E-state index in [9.17, 15) is 4.79 Å². The summed E-state index contributed by atoms with van der Waals surface area (Å²) in [5, 5.41) is 3.78. The first-order chi connectivity index (χ1) is 17.5. The van der Waals surface area contributed by atoms with E-state index in [0.29, 0.717) is 29.1 Å². The minimum absolute atomic E-state index is 0.0646. The largest absolute Gasteiger partial charge is 0.457 e. The summed E-state index contributed by atoms with van der Waals surface area (Å²) >= 11 is 5.95. The van der Waals surface area contributed by atoms with Gasteiger partial charge >= 0.3 is 6.03 Å². The molecule has 4 rings (SSSR count). The molecule has 190 valence electrons. The number of likely N-dealkylation sites (tertiary alicyclic amines) is 1. The molecule has 0 spiro atoms. The maximum absolute atomic E-state index is 13.5. The van der Waals surface area contributed by atoms with Gasteiger partial charge in [0.1, 0.15) is 11.5 Å². The highest BCUT2D eigenvalue weighted by atomic mass is 35.5. The zero-order valence-corrected chi connectivity index (χ0v) is 22.0. The molecule has 2 amide bonds. The molecule has 5 nitrogen and oxygen atoms in total. The van der Waals surface area contributed by atoms with Gasteiger partial charge in [-0.05, 0) is 80.3 Å². The Morgan fingerprint density at radius 3 is 2.22 bits per heavy atom. The van der Waals surface area contributed by atoms with E-state index >= 15 is 0 Å². The molecule has 1 atom stereocenters. The SMILES string of the molecule is CCCC(C)N1CCC(N(Cc2ccccc2)C(=O)Nc2ccc(Oc3ccc(Cl)cc3)cc2)CC1. The number of ether oxygens (including phenoxy) is 1.